The van der Waals surface area contributed by atoms with Gasteiger partial charge in [0.25, 0.3) is 0 Å². The molecule has 0 aliphatic carbocycles. The zero-order chi connectivity index (χ0) is 17.6. The SMILES string of the molecule is CCN1CCC(CNC(=NC)N2CCN(c3cccc(Cl)c3)CC2)C1.I. The fourth-order valence-corrected chi connectivity index (χ4v) is 3.97. The molecule has 26 heavy (non-hydrogen) atoms. The van der Waals surface area contributed by atoms with Crippen LogP contribution in [-0.4, -0.2) is 75.2 Å². The number of hydrogen-bond donors (Lipinski definition) is 1. The lowest BCUT2D eigenvalue weighted by Gasteiger charge is -2.38. The Morgan fingerprint density at radius 3 is 2.62 bits per heavy atom. The molecule has 1 aromatic carbocycles. The van der Waals surface area contributed by atoms with Crippen LogP contribution in [0.4, 0.5) is 5.69 Å². The average molecular weight is 492 g/mol. The van der Waals surface area contributed by atoms with Gasteiger partial charge >= 0.3 is 0 Å². The van der Waals surface area contributed by atoms with Crippen LogP contribution in [0.2, 0.25) is 5.02 Å². The Labute approximate surface area is 179 Å². The fraction of sp³-hybridized carbons (Fsp3) is 0.632. The first-order valence-corrected chi connectivity index (χ1v) is 9.76. The molecule has 0 radical (unpaired) electrons. The Balaban J connectivity index is 0.00000243. The number of anilines is 1. The van der Waals surface area contributed by atoms with E-state index in [0.717, 1.165) is 56.2 Å². The first-order chi connectivity index (χ1) is 12.2. The van der Waals surface area contributed by atoms with Crippen molar-refractivity contribution in [3.8, 4) is 0 Å². The van der Waals surface area contributed by atoms with Crippen molar-refractivity contribution in [3.63, 3.8) is 0 Å². The zero-order valence-electron chi connectivity index (χ0n) is 15.8. The highest BCUT2D eigenvalue weighted by Gasteiger charge is 2.23. The number of aliphatic imine (C=N–C) groups is 1. The topological polar surface area (TPSA) is 34.1 Å². The van der Waals surface area contributed by atoms with Crippen molar-refractivity contribution in [2.75, 3.05) is 64.3 Å². The molecule has 2 saturated heterocycles. The van der Waals surface area contributed by atoms with E-state index in [1.165, 1.54) is 25.2 Å². The van der Waals surface area contributed by atoms with Gasteiger partial charge in [0.1, 0.15) is 0 Å². The van der Waals surface area contributed by atoms with E-state index in [1.54, 1.807) is 0 Å². The maximum atomic E-state index is 6.12. The van der Waals surface area contributed by atoms with Crippen molar-refractivity contribution in [1.82, 2.24) is 15.1 Å². The van der Waals surface area contributed by atoms with Crippen LogP contribution in [0.1, 0.15) is 13.3 Å². The van der Waals surface area contributed by atoms with Crippen molar-refractivity contribution in [2.45, 2.75) is 13.3 Å². The first kappa shape index (κ1) is 21.6. The summed E-state index contributed by atoms with van der Waals surface area (Å²) in [5, 5.41) is 4.40. The maximum Gasteiger partial charge on any atom is 0.193 e. The lowest BCUT2D eigenvalue weighted by atomic mass is 10.1. The summed E-state index contributed by atoms with van der Waals surface area (Å²) < 4.78 is 0. The van der Waals surface area contributed by atoms with E-state index in [4.69, 9.17) is 11.6 Å². The summed E-state index contributed by atoms with van der Waals surface area (Å²) in [6.07, 6.45) is 1.29. The second-order valence-corrected chi connectivity index (χ2v) is 7.37. The van der Waals surface area contributed by atoms with Crippen molar-refractivity contribution in [1.29, 1.82) is 0 Å². The molecule has 3 rings (SSSR count). The molecule has 1 aromatic rings. The molecule has 0 aromatic heterocycles. The summed E-state index contributed by atoms with van der Waals surface area (Å²) in [6, 6.07) is 8.12. The van der Waals surface area contributed by atoms with Gasteiger partial charge in [-0.15, -0.1) is 24.0 Å². The molecular formula is C19H31ClIN5. The number of likely N-dealkylation sites (tertiary alicyclic amines) is 1. The molecule has 0 bridgehead atoms. The highest BCUT2D eigenvalue weighted by Crippen LogP contribution is 2.21. The number of hydrogen-bond acceptors (Lipinski definition) is 3. The molecule has 146 valence electrons. The molecule has 0 saturated carbocycles. The largest absolute Gasteiger partial charge is 0.368 e. The predicted molar refractivity (Wildman–Crippen MR) is 122 cm³/mol. The first-order valence-electron chi connectivity index (χ1n) is 9.38. The minimum absolute atomic E-state index is 0. The normalized spacial score (nSPS) is 21.7. The van der Waals surface area contributed by atoms with Crippen LogP contribution in [0.3, 0.4) is 0 Å². The molecule has 0 amide bonds. The quantitative estimate of drug-likeness (QED) is 0.399. The summed E-state index contributed by atoms with van der Waals surface area (Å²) in [4.78, 5) is 11.8. The summed E-state index contributed by atoms with van der Waals surface area (Å²) in [7, 11) is 1.89. The van der Waals surface area contributed by atoms with Crippen LogP contribution < -0.4 is 10.2 Å². The molecule has 2 aliphatic heterocycles. The smallest absolute Gasteiger partial charge is 0.193 e. The maximum absolute atomic E-state index is 6.12. The lowest BCUT2D eigenvalue weighted by molar-refractivity contribution is 0.337. The van der Waals surface area contributed by atoms with Crippen molar-refractivity contribution < 1.29 is 0 Å². The Morgan fingerprint density at radius 1 is 1.23 bits per heavy atom. The molecule has 7 heteroatoms. The van der Waals surface area contributed by atoms with E-state index >= 15 is 0 Å². The fourth-order valence-electron chi connectivity index (χ4n) is 3.78. The number of nitrogens with one attached hydrogen (secondary N) is 1. The van der Waals surface area contributed by atoms with Gasteiger partial charge in [-0.3, -0.25) is 4.99 Å². The van der Waals surface area contributed by atoms with Gasteiger partial charge in [-0.05, 0) is 43.6 Å². The van der Waals surface area contributed by atoms with E-state index in [1.807, 2.05) is 25.2 Å². The molecule has 2 fully saturated rings. The van der Waals surface area contributed by atoms with Crippen molar-refractivity contribution in [3.05, 3.63) is 29.3 Å². The Hall–Kier alpha value is -0.730. The van der Waals surface area contributed by atoms with Gasteiger partial charge in [-0.1, -0.05) is 24.6 Å². The summed E-state index contributed by atoms with van der Waals surface area (Å²) in [5.41, 5.74) is 1.21. The van der Waals surface area contributed by atoms with Gasteiger partial charge in [0.05, 0.1) is 0 Å². The van der Waals surface area contributed by atoms with E-state index in [0.29, 0.717) is 0 Å². The van der Waals surface area contributed by atoms with Gasteiger partial charge < -0.3 is 20.0 Å². The Kier molecular flexibility index (Phi) is 8.76. The number of nitrogens with zero attached hydrogens (tertiary/aromatic N) is 4. The molecule has 0 spiro atoms. The Bertz CT molecular complexity index is 589. The second-order valence-electron chi connectivity index (χ2n) is 6.93. The molecule has 2 heterocycles. The van der Waals surface area contributed by atoms with E-state index in [2.05, 4.69) is 38.0 Å². The number of guanidine groups is 1. The molecule has 2 aliphatic rings. The van der Waals surface area contributed by atoms with Crippen LogP contribution in [-0.2, 0) is 0 Å². The molecular weight excluding hydrogens is 461 g/mol. The van der Waals surface area contributed by atoms with Crippen LogP contribution in [0.25, 0.3) is 0 Å². The van der Waals surface area contributed by atoms with Gasteiger partial charge in [-0.2, -0.15) is 0 Å². The van der Waals surface area contributed by atoms with Crippen LogP contribution in [0.5, 0.6) is 0 Å². The molecule has 5 nitrogen and oxygen atoms in total. The van der Waals surface area contributed by atoms with Crippen LogP contribution in [0, 0.1) is 5.92 Å². The van der Waals surface area contributed by atoms with Crippen LogP contribution >= 0.6 is 35.6 Å². The standard InChI is InChI=1S/C19H30ClN5.HI/c1-3-23-8-7-16(15-23)14-22-19(21-2)25-11-9-24(10-12-25)18-6-4-5-17(20)13-18;/h4-6,13,16H,3,7-12,14-15H2,1-2H3,(H,21,22);1H. The molecule has 1 N–H and O–H groups in total. The lowest BCUT2D eigenvalue weighted by Crippen LogP contribution is -2.53. The third kappa shape index (κ3) is 5.63. The van der Waals surface area contributed by atoms with E-state index in [-0.39, 0.29) is 24.0 Å². The van der Waals surface area contributed by atoms with E-state index < -0.39 is 0 Å². The number of halogens is 2. The highest BCUT2D eigenvalue weighted by molar-refractivity contribution is 14.0. The predicted octanol–water partition coefficient (Wildman–Crippen LogP) is 3.00. The van der Waals surface area contributed by atoms with Gasteiger partial charge in [0, 0.05) is 57.0 Å². The number of rotatable bonds is 4. The molecule has 1 atom stereocenters. The van der Waals surface area contributed by atoms with Crippen molar-refractivity contribution in [2.24, 2.45) is 10.9 Å². The second kappa shape index (κ2) is 10.6. The third-order valence-electron chi connectivity index (χ3n) is 5.33. The average Bonchev–Trinajstić information content (AvgIpc) is 3.11. The summed E-state index contributed by atoms with van der Waals surface area (Å²) >= 11 is 6.12. The zero-order valence-corrected chi connectivity index (χ0v) is 18.9. The van der Waals surface area contributed by atoms with Crippen LogP contribution in [0.15, 0.2) is 29.3 Å². The Morgan fingerprint density at radius 2 is 2.00 bits per heavy atom. The minimum atomic E-state index is 0. The number of piperazine rings is 1. The van der Waals surface area contributed by atoms with Gasteiger partial charge in [-0.25, -0.2) is 0 Å². The number of benzene rings is 1. The molecule has 1 unspecified atom stereocenters. The van der Waals surface area contributed by atoms with Gasteiger partial charge in [0.15, 0.2) is 5.96 Å². The van der Waals surface area contributed by atoms with Gasteiger partial charge in [0.2, 0.25) is 0 Å². The summed E-state index contributed by atoms with van der Waals surface area (Å²) in [5.74, 6) is 1.78. The third-order valence-corrected chi connectivity index (χ3v) is 5.57. The van der Waals surface area contributed by atoms with E-state index in [9.17, 15) is 0 Å². The highest BCUT2D eigenvalue weighted by atomic mass is 127. The van der Waals surface area contributed by atoms with Crippen molar-refractivity contribution >= 4 is 47.2 Å². The summed E-state index contributed by atoms with van der Waals surface area (Å²) in [6.45, 7) is 10.8. The minimum Gasteiger partial charge on any atom is -0.368 e. The monoisotopic (exact) mass is 491 g/mol.